The van der Waals surface area contributed by atoms with Crippen LogP contribution in [-0.4, -0.2) is 9.85 Å². The van der Waals surface area contributed by atoms with Crippen LogP contribution >= 0.6 is 11.8 Å². The van der Waals surface area contributed by atoms with Gasteiger partial charge in [-0.05, 0) is 18.1 Å². The molecule has 1 aromatic carbocycles. The first-order valence-electron chi connectivity index (χ1n) is 4.54. The maximum absolute atomic E-state index is 9.88. The molecule has 0 fully saturated rings. The lowest BCUT2D eigenvalue weighted by Gasteiger charge is -2.33. The molecule has 0 spiro atoms. The average molecular weight is 194 g/mol. The molecule has 0 amide bonds. The number of hydrogen-bond donors (Lipinski definition) is 1. The Morgan fingerprint density at radius 1 is 1.38 bits per heavy atom. The van der Waals surface area contributed by atoms with Gasteiger partial charge in [0, 0.05) is 9.64 Å². The van der Waals surface area contributed by atoms with Crippen molar-refractivity contribution in [3.63, 3.8) is 0 Å². The van der Waals surface area contributed by atoms with Crippen LogP contribution in [0.5, 0.6) is 0 Å². The topological polar surface area (TPSA) is 20.2 Å². The van der Waals surface area contributed by atoms with Gasteiger partial charge in [0.25, 0.3) is 0 Å². The Hall–Kier alpha value is -0.470. The molecule has 1 atom stereocenters. The van der Waals surface area contributed by atoms with Crippen molar-refractivity contribution in [2.75, 3.05) is 0 Å². The summed E-state index contributed by atoms with van der Waals surface area (Å²) < 4.78 is 0.160. The van der Waals surface area contributed by atoms with Crippen LogP contribution < -0.4 is 0 Å². The Balaban J connectivity index is 2.43. The predicted molar refractivity (Wildman–Crippen MR) is 56.0 cm³/mol. The third-order valence-electron chi connectivity index (χ3n) is 2.35. The van der Waals surface area contributed by atoms with Crippen LogP contribution in [0.2, 0.25) is 0 Å². The van der Waals surface area contributed by atoms with Crippen LogP contribution in [0.3, 0.4) is 0 Å². The zero-order valence-corrected chi connectivity index (χ0v) is 8.77. The van der Waals surface area contributed by atoms with Crippen LogP contribution in [0, 0.1) is 0 Å². The van der Waals surface area contributed by atoms with Crippen molar-refractivity contribution >= 4 is 11.8 Å². The first-order chi connectivity index (χ1) is 6.08. The molecular weight excluding hydrogens is 180 g/mol. The second kappa shape index (κ2) is 3.03. The SMILES string of the molecule is CC1(C)C[C@H](O)c2ccccc2S1. The summed E-state index contributed by atoms with van der Waals surface area (Å²) in [5, 5.41) is 9.88. The van der Waals surface area contributed by atoms with Crippen LogP contribution in [0.15, 0.2) is 29.2 Å². The molecule has 0 radical (unpaired) electrons. The Morgan fingerprint density at radius 2 is 2.08 bits per heavy atom. The monoisotopic (exact) mass is 194 g/mol. The molecule has 0 saturated heterocycles. The first kappa shape index (κ1) is 9.10. The van der Waals surface area contributed by atoms with E-state index in [-0.39, 0.29) is 10.9 Å². The van der Waals surface area contributed by atoms with Crippen LogP contribution in [0.4, 0.5) is 0 Å². The summed E-state index contributed by atoms with van der Waals surface area (Å²) in [5.41, 5.74) is 1.09. The highest BCUT2D eigenvalue weighted by molar-refractivity contribution is 8.00. The Morgan fingerprint density at radius 3 is 2.85 bits per heavy atom. The van der Waals surface area contributed by atoms with Crippen molar-refractivity contribution in [2.24, 2.45) is 0 Å². The van der Waals surface area contributed by atoms with Crippen LogP contribution in [-0.2, 0) is 0 Å². The molecule has 2 heteroatoms. The van der Waals surface area contributed by atoms with Crippen molar-refractivity contribution in [2.45, 2.75) is 36.0 Å². The molecule has 13 heavy (non-hydrogen) atoms. The summed E-state index contributed by atoms with van der Waals surface area (Å²) in [6.07, 6.45) is 0.557. The molecule has 1 nitrogen and oxygen atoms in total. The molecule has 0 aromatic heterocycles. The van der Waals surface area contributed by atoms with Crippen molar-refractivity contribution in [1.29, 1.82) is 0 Å². The highest BCUT2D eigenvalue weighted by Crippen LogP contribution is 2.46. The predicted octanol–water partition coefficient (Wildman–Crippen LogP) is 2.99. The third-order valence-corrected chi connectivity index (χ3v) is 3.66. The lowest BCUT2D eigenvalue weighted by Crippen LogP contribution is -2.23. The first-order valence-corrected chi connectivity index (χ1v) is 5.36. The number of aliphatic hydroxyl groups excluding tert-OH is 1. The molecule has 1 aliphatic heterocycles. The number of fused-ring (bicyclic) bond motifs is 1. The summed E-state index contributed by atoms with van der Waals surface area (Å²) in [6, 6.07) is 8.12. The molecule has 0 unspecified atom stereocenters. The zero-order chi connectivity index (χ0) is 9.47. The summed E-state index contributed by atoms with van der Waals surface area (Å²) >= 11 is 1.86. The standard InChI is InChI=1S/C11H14OS/c1-11(2)7-9(12)8-5-3-4-6-10(8)13-11/h3-6,9,12H,7H2,1-2H3/t9-/m0/s1. The smallest absolute Gasteiger partial charge is 0.0814 e. The van der Waals surface area contributed by atoms with E-state index in [9.17, 15) is 5.11 Å². The average Bonchev–Trinajstić information content (AvgIpc) is 2.02. The number of benzene rings is 1. The fraction of sp³-hybridized carbons (Fsp3) is 0.455. The highest BCUT2D eigenvalue weighted by atomic mass is 32.2. The zero-order valence-electron chi connectivity index (χ0n) is 7.95. The van der Waals surface area contributed by atoms with E-state index >= 15 is 0 Å². The van der Waals surface area contributed by atoms with E-state index in [1.807, 2.05) is 30.0 Å². The second-order valence-electron chi connectivity index (χ2n) is 4.12. The number of rotatable bonds is 0. The number of hydrogen-bond acceptors (Lipinski definition) is 2. The normalized spacial score (nSPS) is 25.3. The fourth-order valence-electron chi connectivity index (χ4n) is 1.76. The van der Waals surface area contributed by atoms with Crippen LogP contribution in [0.1, 0.15) is 31.9 Å². The molecule has 70 valence electrons. The second-order valence-corrected chi connectivity index (χ2v) is 5.87. The summed E-state index contributed by atoms with van der Waals surface area (Å²) in [5.74, 6) is 0. The van der Waals surface area contributed by atoms with E-state index in [1.54, 1.807) is 0 Å². The molecule has 1 aliphatic rings. The van der Waals surface area contributed by atoms with Gasteiger partial charge in [0.05, 0.1) is 6.10 Å². The minimum Gasteiger partial charge on any atom is -0.388 e. The van der Waals surface area contributed by atoms with Gasteiger partial charge in [-0.25, -0.2) is 0 Å². The molecule has 2 rings (SSSR count). The van der Waals surface area contributed by atoms with E-state index in [4.69, 9.17) is 0 Å². The lowest BCUT2D eigenvalue weighted by molar-refractivity contribution is 0.151. The maximum Gasteiger partial charge on any atom is 0.0814 e. The quantitative estimate of drug-likeness (QED) is 0.685. The highest BCUT2D eigenvalue weighted by Gasteiger charge is 2.31. The largest absolute Gasteiger partial charge is 0.388 e. The van der Waals surface area contributed by atoms with Gasteiger partial charge in [-0.15, -0.1) is 11.8 Å². The van der Waals surface area contributed by atoms with E-state index in [0.29, 0.717) is 0 Å². The van der Waals surface area contributed by atoms with E-state index in [0.717, 1.165) is 12.0 Å². The van der Waals surface area contributed by atoms with E-state index < -0.39 is 0 Å². The van der Waals surface area contributed by atoms with Crippen molar-refractivity contribution in [1.82, 2.24) is 0 Å². The molecule has 1 heterocycles. The van der Waals surface area contributed by atoms with Gasteiger partial charge < -0.3 is 5.11 Å². The molecule has 0 aliphatic carbocycles. The van der Waals surface area contributed by atoms with Crippen molar-refractivity contribution in [3.05, 3.63) is 29.8 Å². The molecule has 0 saturated carbocycles. The minimum absolute atomic E-state index is 0.160. The van der Waals surface area contributed by atoms with Gasteiger partial charge in [0.1, 0.15) is 0 Å². The molecule has 1 aromatic rings. The van der Waals surface area contributed by atoms with Gasteiger partial charge in [0.2, 0.25) is 0 Å². The lowest BCUT2D eigenvalue weighted by atomic mass is 9.98. The van der Waals surface area contributed by atoms with Crippen LogP contribution in [0.25, 0.3) is 0 Å². The molecule has 1 N–H and O–H groups in total. The van der Waals surface area contributed by atoms with Gasteiger partial charge in [-0.1, -0.05) is 32.0 Å². The van der Waals surface area contributed by atoms with Gasteiger partial charge in [-0.2, -0.15) is 0 Å². The fourth-order valence-corrected chi connectivity index (χ4v) is 3.07. The van der Waals surface area contributed by atoms with E-state index in [2.05, 4.69) is 19.9 Å². The molecular formula is C11H14OS. The van der Waals surface area contributed by atoms with Gasteiger partial charge >= 0.3 is 0 Å². The Bertz CT molecular complexity index is 320. The summed E-state index contributed by atoms with van der Waals surface area (Å²) in [4.78, 5) is 1.23. The summed E-state index contributed by atoms with van der Waals surface area (Å²) in [7, 11) is 0. The minimum atomic E-state index is -0.285. The Labute approximate surface area is 83.2 Å². The van der Waals surface area contributed by atoms with Crippen molar-refractivity contribution < 1.29 is 5.11 Å². The Kier molecular flexibility index (Phi) is 2.12. The summed E-state index contributed by atoms with van der Waals surface area (Å²) in [6.45, 7) is 4.35. The van der Waals surface area contributed by atoms with Crippen molar-refractivity contribution in [3.8, 4) is 0 Å². The van der Waals surface area contributed by atoms with Gasteiger partial charge in [0.15, 0.2) is 0 Å². The number of aliphatic hydroxyl groups is 1. The van der Waals surface area contributed by atoms with Gasteiger partial charge in [-0.3, -0.25) is 0 Å². The third kappa shape index (κ3) is 1.74. The molecule has 0 bridgehead atoms. The van der Waals surface area contributed by atoms with E-state index in [1.165, 1.54) is 4.90 Å². The number of thioether (sulfide) groups is 1. The maximum atomic E-state index is 9.88.